The van der Waals surface area contributed by atoms with Crippen molar-refractivity contribution in [1.29, 1.82) is 0 Å². The molecule has 0 spiro atoms. The van der Waals surface area contributed by atoms with E-state index in [2.05, 4.69) is 0 Å². The van der Waals surface area contributed by atoms with Gasteiger partial charge < -0.3 is 9.53 Å². The van der Waals surface area contributed by atoms with Crippen molar-refractivity contribution in [3.8, 4) is 0 Å². The maximum Gasteiger partial charge on any atom is 0.127 e. The highest BCUT2D eigenvalue weighted by atomic mass is 35.5. The van der Waals surface area contributed by atoms with E-state index in [-0.39, 0.29) is 5.41 Å². The summed E-state index contributed by atoms with van der Waals surface area (Å²) in [7, 11) is 0. The summed E-state index contributed by atoms with van der Waals surface area (Å²) in [5.74, 6) is 0.481. The number of aldehydes is 1. The van der Waals surface area contributed by atoms with Crippen molar-refractivity contribution in [3.63, 3.8) is 0 Å². The van der Waals surface area contributed by atoms with E-state index in [1.807, 2.05) is 13.8 Å². The molecule has 2 nitrogen and oxygen atoms in total. The Labute approximate surface area is 66.5 Å². The van der Waals surface area contributed by atoms with Gasteiger partial charge in [0.2, 0.25) is 0 Å². The van der Waals surface area contributed by atoms with Crippen LogP contribution < -0.4 is 0 Å². The lowest BCUT2D eigenvalue weighted by molar-refractivity contribution is -0.117. The van der Waals surface area contributed by atoms with Gasteiger partial charge in [-0.3, -0.25) is 0 Å². The molecule has 0 aromatic heterocycles. The molecule has 0 aliphatic carbocycles. The molecule has 0 atom stereocenters. The molecule has 0 N–H and O–H groups in total. The van der Waals surface area contributed by atoms with E-state index in [1.54, 1.807) is 0 Å². The van der Waals surface area contributed by atoms with Crippen LogP contribution in [0.3, 0.4) is 0 Å². The summed E-state index contributed by atoms with van der Waals surface area (Å²) in [4.78, 5) is 10.3. The van der Waals surface area contributed by atoms with Crippen molar-refractivity contribution >= 4 is 17.9 Å². The largest absolute Gasteiger partial charge is 0.379 e. The number of carbonyl (C=O) groups is 1. The molecule has 60 valence electrons. The second-order valence-corrected chi connectivity index (χ2v) is 3.23. The average Bonchev–Trinajstić information content (AvgIpc) is 1.89. The Kier molecular flexibility index (Phi) is 4.65. The number of ether oxygens (including phenoxy) is 1. The summed E-state index contributed by atoms with van der Waals surface area (Å²) >= 11 is 5.36. The lowest BCUT2D eigenvalue weighted by Crippen LogP contribution is -2.21. The number of halogens is 1. The van der Waals surface area contributed by atoms with Crippen LogP contribution in [0, 0.1) is 5.41 Å². The van der Waals surface area contributed by atoms with E-state index in [4.69, 9.17) is 16.3 Å². The van der Waals surface area contributed by atoms with Crippen molar-refractivity contribution in [2.45, 2.75) is 13.8 Å². The summed E-state index contributed by atoms with van der Waals surface area (Å²) in [6.45, 7) is 4.62. The Morgan fingerprint density at radius 3 is 2.60 bits per heavy atom. The summed E-state index contributed by atoms with van der Waals surface area (Å²) < 4.78 is 5.08. The number of rotatable bonds is 5. The topological polar surface area (TPSA) is 26.3 Å². The first-order valence-electron chi connectivity index (χ1n) is 3.22. The van der Waals surface area contributed by atoms with E-state index in [0.717, 1.165) is 6.29 Å². The number of alkyl halides is 1. The molecule has 10 heavy (non-hydrogen) atoms. The molecular formula is C7H13ClO2. The SMILES string of the molecule is CC(C)(C=O)COCCCl. The van der Waals surface area contributed by atoms with Gasteiger partial charge in [-0.25, -0.2) is 0 Å². The quantitative estimate of drug-likeness (QED) is 0.350. The normalized spacial score (nSPS) is 11.5. The molecule has 3 heteroatoms. The van der Waals surface area contributed by atoms with E-state index < -0.39 is 0 Å². The van der Waals surface area contributed by atoms with Crippen LogP contribution in [0.4, 0.5) is 0 Å². The average molecular weight is 165 g/mol. The van der Waals surface area contributed by atoms with E-state index in [0.29, 0.717) is 19.1 Å². The highest BCUT2D eigenvalue weighted by Crippen LogP contribution is 2.10. The van der Waals surface area contributed by atoms with Crippen LogP contribution in [-0.2, 0) is 9.53 Å². The zero-order chi connectivity index (χ0) is 8.04. The van der Waals surface area contributed by atoms with Crippen LogP contribution in [0.1, 0.15) is 13.8 Å². The molecule has 0 unspecified atom stereocenters. The second-order valence-electron chi connectivity index (χ2n) is 2.85. The summed E-state index contributed by atoms with van der Waals surface area (Å²) in [6, 6.07) is 0. The van der Waals surface area contributed by atoms with Gasteiger partial charge in [0.05, 0.1) is 13.2 Å². The maximum absolute atomic E-state index is 10.3. The smallest absolute Gasteiger partial charge is 0.127 e. The number of hydrogen-bond donors (Lipinski definition) is 0. The Morgan fingerprint density at radius 1 is 1.60 bits per heavy atom. The molecule has 0 saturated heterocycles. The van der Waals surface area contributed by atoms with Crippen molar-refractivity contribution < 1.29 is 9.53 Å². The standard InChI is InChI=1S/C7H13ClO2/c1-7(2,5-9)6-10-4-3-8/h5H,3-4,6H2,1-2H3. The van der Waals surface area contributed by atoms with Crippen molar-refractivity contribution in [2.24, 2.45) is 5.41 Å². The van der Waals surface area contributed by atoms with Gasteiger partial charge in [-0.15, -0.1) is 11.6 Å². The zero-order valence-corrected chi connectivity index (χ0v) is 7.15. The molecular weight excluding hydrogens is 152 g/mol. The molecule has 0 amide bonds. The predicted molar refractivity (Wildman–Crippen MR) is 41.4 cm³/mol. The zero-order valence-electron chi connectivity index (χ0n) is 6.39. The monoisotopic (exact) mass is 164 g/mol. The summed E-state index contributed by atoms with van der Waals surface area (Å²) in [5, 5.41) is 0. The molecule has 0 aliphatic heterocycles. The van der Waals surface area contributed by atoms with Gasteiger partial charge in [0.15, 0.2) is 0 Å². The van der Waals surface area contributed by atoms with Crippen LogP contribution in [-0.4, -0.2) is 25.4 Å². The summed E-state index contributed by atoms with van der Waals surface area (Å²) in [6.07, 6.45) is 0.890. The molecule has 0 rings (SSSR count). The molecule has 0 fully saturated rings. The van der Waals surface area contributed by atoms with Gasteiger partial charge in [0, 0.05) is 11.3 Å². The first-order chi connectivity index (χ1) is 4.62. The maximum atomic E-state index is 10.3. The number of carbonyl (C=O) groups excluding carboxylic acids is 1. The molecule has 0 bridgehead atoms. The van der Waals surface area contributed by atoms with E-state index in [9.17, 15) is 4.79 Å². The van der Waals surface area contributed by atoms with E-state index in [1.165, 1.54) is 0 Å². The molecule has 0 aliphatic rings. The molecule has 0 radical (unpaired) electrons. The molecule has 0 aromatic rings. The molecule has 0 aromatic carbocycles. The van der Waals surface area contributed by atoms with Crippen molar-refractivity contribution in [2.75, 3.05) is 19.1 Å². The minimum atomic E-state index is -0.369. The first kappa shape index (κ1) is 9.92. The second kappa shape index (κ2) is 4.69. The predicted octanol–water partition coefficient (Wildman–Crippen LogP) is 1.47. The minimum Gasteiger partial charge on any atom is -0.379 e. The van der Waals surface area contributed by atoms with Crippen molar-refractivity contribution in [3.05, 3.63) is 0 Å². The minimum absolute atomic E-state index is 0.369. The third-order valence-electron chi connectivity index (χ3n) is 1.01. The van der Waals surface area contributed by atoms with Gasteiger partial charge in [-0.05, 0) is 0 Å². The van der Waals surface area contributed by atoms with Crippen LogP contribution in [0.2, 0.25) is 0 Å². The Balaban J connectivity index is 3.37. The lowest BCUT2D eigenvalue weighted by atomic mass is 9.98. The highest BCUT2D eigenvalue weighted by molar-refractivity contribution is 6.17. The Bertz CT molecular complexity index is 102. The lowest BCUT2D eigenvalue weighted by Gasteiger charge is -2.15. The third-order valence-corrected chi connectivity index (χ3v) is 1.17. The molecule has 0 heterocycles. The Hall–Kier alpha value is -0.0800. The first-order valence-corrected chi connectivity index (χ1v) is 3.76. The fourth-order valence-electron chi connectivity index (χ4n) is 0.424. The van der Waals surface area contributed by atoms with Crippen LogP contribution in [0.15, 0.2) is 0 Å². The van der Waals surface area contributed by atoms with Crippen LogP contribution in [0.5, 0.6) is 0 Å². The van der Waals surface area contributed by atoms with Gasteiger partial charge in [0.1, 0.15) is 6.29 Å². The fourth-order valence-corrected chi connectivity index (χ4v) is 0.533. The van der Waals surface area contributed by atoms with Gasteiger partial charge in [0.25, 0.3) is 0 Å². The number of hydrogen-bond acceptors (Lipinski definition) is 2. The fraction of sp³-hybridized carbons (Fsp3) is 0.857. The van der Waals surface area contributed by atoms with Crippen molar-refractivity contribution in [1.82, 2.24) is 0 Å². The van der Waals surface area contributed by atoms with Gasteiger partial charge in [-0.2, -0.15) is 0 Å². The van der Waals surface area contributed by atoms with E-state index >= 15 is 0 Å². The summed E-state index contributed by atoms with van der Waals surface area (Å²) in [5.41, 5.74) is -0.369. The van der Waals surface area contributed by atoms with Crippen LogP contribution in [0.25, 0.3) is 0 Å². The Morgan fingerprint density at radius 2 is 2.20 bits per heavy atom. The van der Waals surface area contributed by atoms with Crippen LogP contribution >= 0.6 is 11.6 Å². The third kappa shape index (κ3) is 4.77. The molecule has 0 saturated carbocycles. The van der Waals surface area contributed by atoms with Gasteiger partial charge in [-0.1, -0.05) is 13.8 Å². The van der Waals surface area contributed by atoms with Gasteiger partial charge >= 0.3 is 0 Å². The highest BCUT2D eigenvalue weighted by Gasteiger charge is 2.15.